The lowest BCUT2D eigenvalue weighted by Gasteiger charge is -2.17. The van der Waals surface area contributed by atoms with Crippen LogP contribution in [0.25, 0.3) is 0 Å². The number of rotatable bonds is 12. The Balaban J connectivity index is 1.75. The number of ketones is 1. The zero-order chi connectivity index (χ0) is 21.1. The fourth-order valence-corrected chi connectivity index (χ4v) is 5.21. The predicted molar refractivity (Wildman–Crippen MR) is 116 cm³/mol. The number of carbonyl (C=O) groups is 2. The number of aliphatic hydroxyl groups excluding tert-OH is 2. The number of ether oxygens (including phenoxy) is 2. The summed E-state index contributed by atoms with van der Waals surface area (Å²) in [5.74, 6) is 2.06. The van der Waals surface area contributed by atoms with E-state index in [1.807, 2.05) is 30.3 Å². The van der Waals surface area contributed by atoms with Crippen LogP contribution < -0.4 is 4.74 Å². The van der Waals surface area contributed by atoms with Crippen LogP contribution in [0.4, 0.5) is 0 Å². The van der Waals surface area contributed by atoms with E-state index in [1.165, 1.54) is 30.6 Å². The van der Waals surface area contributed by atoms with Crippen molar-refractivity contribution in [2.45, 2.75) is 30.3 Å². The molecular formula is C21H28O6S2. The second-order valence-corrected chi connectivity index (χ2v) is 9.02. The molecule has 29 heavy (non-hydrogen) atoms. The second-order valence-electron chi connectivity index (χ2n) is 6.67. The number of benzene rings is 1. The number of carbonyl (C=O) groups excluding carboxylic acids is 2. The van der Waals surface area contributed by atoms with Crippen molar-refractivity contribution >= 4 is 35.3 Å². The Bertz CT molecular complexity index is 666. The molecule has 0 unspecified atom stereocenters. The molecule has 1 aliphatic rings. The number of thioether (sulfide) groups is 2. The van der Waals surface area contributed by atoms with Gasteiger partial charge in [0.1, 0.15) is 24.2 Å². The molecule has 2 N–H and O–H groups in total. The van der Waals surface area contributed by atoms with Crippen LogP contribution in [-0.2, 0) is 14.3 Å². The Kier molecular flexibility index (Phi) is 10.6. The fourth-order valence-electron chi connectivity index (χ4n) is 2.90. The van der Waals surface area contributed by atoms with Gasteiger partial charge in [-0.2, -0.15) is 11.8 Å². The maximum absolute atomic E-state index is 12.2. The summed E-state index contributed by atoms with van der Waals surface area (Å²) in [6.45, 7) is 0.104. The van der Waals surface area contributed by atoms with Gasteiger partial charge in [0.25, 0.3) is 0 Å². The first-order chi connectivity index (χ1) is 14.0. The Labute approximate surface area is 180 Å². The molecule has 6 nitrogen and oxygen atoms in total. The molecule has 0 aromatic heterocycles. The highest BCUT2D eigenvalue weighted by Gasteiger charge is 2.40. The van der Waals surface area contributed by atoms with Crippen LogP contribution in [0.1, 0.15) is 12.8 Å². The molecule has 160 valence electrons. The van der Waals surface area contributed by atoms with Crippen LogP contribution in [0.5, 0.6) is 5.75 Å². The van der Waals surface area contributed by atoms with E-state index in [2.05, 4.69) is 4.74 Å². The number of hydrogen-bond donors (Lipinski definition) is 2. The standard InChI is InChI=1S/C21H28O6S2/c1-26-20(25)14-28-10-5-11-29-21-17(18(23)12-19(21)24)9-8-15(22)13-27-16-6-3-2-4-7-16/h2-4,6-9,15,17-18,21-23H,5,10-14H2,1H3/b9-8+/t15-,17+,18-,21-/m1/s1. The zero-order valence-electron chi connectivity index (χ0n) is 16.4. The van der Waals surface area contributed by atoms with Crippen LogP contribution in [-0.4, -0.2) is 70.4 Å². The maximum atomic E-state index is 12.2. The first-order valence-electron chi connectivity index (χ1n) is 9.52. The minimum Gasteiger partial charge on any atom is -0.491 e. The van der Waals surface area contributed by atoms with E-state index in [0.29, 0.717) is 11.5 Å². The van der Waals surface area contributed by atoms with Gasteiger partial charge in [0.15, 0.2) is 0 Å². The summed E-state index contributed by atoms with van der Waals surface area (Å²) < 4.78 is 10.1. The van der Waals surface area contributed by atoms with E-state index in [4.69, 9.17) is 4.74 Å². The molecule has 0 heterocycles. The molecule has 1 aromatic rings. The topological polar surface area (TPSA) is 93.1 Å². The Morgan fingerprint density at radius 2 is 2.07 bits per heavy atom. The molecule has 0 aliphatic heterocycles. The minimum atomic E-state index is -0.821. The first kappa shape index (κ1) is 23.8. The molecule has 0 spiro atoms. The van der Waals surface area contributed by atoms with E-state index in [9.17, 15) is 19.8 Å². The van der Waals surface area contributed by atoms with E-state index >= 15 is 0 Å². The Hall–Kier alpha value is -1.48. The van der Waals surface area contributed by atoms with E-state index in [-0.39, 0.29) is 35.9 Å². The predicted octanol–water partition coefficient (Wildman–Crippen LogP) is 2.33. The van der Waals surface area contributed by atoms with E-state index in [0.717, 1.165) is 17.9 Å². The minimum absolute atomic E-state index is 0.0365. The summed E-state index contributed by atoms with van der Waals surface area (Å²) in [6.07, 6.45) is 2.77. The van der Waals surface area contributed by atoms with Crippen LogP contribution in [0.3, 0.4) is 0 Å². The van der Waals surface area contributed by atoms with Crippen LogP contribution in [0.15, 0.2) is 42.5 Å². The molecule has 0 bridgehead atoms. The molecule has 4 atom stereocenters. The number of para-hydroxylation sites is 1. The molecular weight excluding hydrogens is 412 g/mol. The quantitative estimate of drug-likeness (QED) is 0.291. The van der Waals surface area contributed by atoms with Crippen molar-refractivity contribution in [3.8, 4) is 5.75 Å². The monoisotopic (exact) mass is 440 g/mol. The Morgan fingerprint density at radius 3 is 2.79 bits per heavy atom. The third-order valence-electron chi connectivity index (χ3n) is 4.42. The van der Waals surface area contributed by atoms with Crippen LogP contribution in [0.2, 0.25) is 0 Å². The number of hydrogen-bond acceptors (Lipinski definition) is 8. The van der Waals surface area contributed by atoms with Crippen molar-refractivity contribution in [3.63, 3.8) is 0 Å². The highest BCUT2D eigenvalue weighted by Crippen LogP contribution is 2.34. The SMILES string of the molecule is COC(=O)CSCCCS[C@H]1C(=O)C[C@@H](O)[C@@H]1/C=C/[C@@H](O)COc1ccccc1. The van der Waals surface area contributed by atoms with Crippen molar-refractivity contribution in [2.24, 2.45) is 5.92 Å². The van der Waals surface area contributed by atoms with Gasteiger partial charge < -0.3 is 19.7 Å². The lowest BCUT2D eigenvalue weighted by Crippen LogP contribution is -2.23. The fraction of sp³-hybridized carbons (Fsp3) is 0.524. The Morgan fingerprint density at radius 1 is 1.31 bits per heavy atom. The van der Waals surface area contributed by atoms with E-state index in [1.54, 1.807) is 12.2 Å². The van der Waals surface area contributed by atoms with Crippen LogP contribution >= 0.6 is 23.5 Å². The molecule has 0 saturated heterocycles. The normalized spacial score (nSPS) is 22.7. The van der Waals surface area contributed by atoms with Gasteiger partial charge in [0.2, 0.25) is 0 Å². The van der Waals surface area contributed by atoms with Gasteiger partial charge in [-0.15, -0.1) is 11.8 Å². The summed E-state index contributed by atoms with van der Waals surface area (Å²) in [5.41, 5.74) is 0. The third kappa shape index (κ3) is 8.42. The summed E-state index contributed by atoms with van der Waals surface area (Å²) in [6, 6.07) is 9.22. The van der Waals surface area contributed by atoms with Gasteiger partial charge in [-0.3, -0.25) is 9.59 Å². The van der Waals surface area contributed by atoms with Crippen molar-refractivity contribution in [3.05, 3.63) is 42.5 Å². The van der Waals surface area contributed by atoms with Gasteiger partial charge in [-0.25, -0.2) is 0 Å². The largest absolute Gasteiger partial charge is 0.491 e. The lowest BCUT2D eigenvalue weighted by molar-refractivity contribution is -0.137. The van der Waals surface area contributed by atoms with Crippen molar-refractivity contribution in [1.82, 2.24) is 0 Å². The number of Topliss-reactive ketones (excluding diaryl/α,β-unsaturated/α-hetero) is 1. The second kappa shape index (κ2) is 13.0. The molecule has 0 radical (unpaired) electrons. The molecule has 0 amide bonds. The maximum Gasteiger partial charge on any atom is 0.315 e. The molecule has 8 heteroatoms. The smallest absolute Gasteiger partial charge is 0.315 e. The van der Waals surface area contributed by atoms with Gasteiger partial charge in [-0.05, 0) is 30.1 Å². The first-order valence-corrected chi connectivity index (χ1v) is 11.7. The number of esters is 1. The highest BCUT2D eigenvalue weighted by atomic mass is 32.2. The van der Waals surface area contributed by atoms with Crippen LogP contribution in [0, 0.1) is 5.92 Å². The zero-order valence-corrected chi connectivity index (χ0v) is 18.1. The number of methoxy groups -OCH3 is 1. The molecule has 1 aliphatic carbocycles. The van der Waals surface area contributed by atoms with Gasteiger partial charge in [-0.1, -0.05) is 30.4 Å². The molecule has 1 fully saturated rings. The summed E-state index contributed by atoms with van der Waals surface area (Å²) in [4.78, 5) is 23.3. The average molecular weight is 441 g/mol. The summed E-state index contributed by atoms with van der Waals surface area (Å²) >= 11 is 3.03. The van der Waals surface area contributed by atoms with Crippen molar-refractivity contribution < 1.29 is 29.3 Å². The van der Waals surface area contributed by atoms with Gasteiger partial charge >= 0.3 is 5.97 Å². The van der Waals surface area contributed by atoms with Crippen molar-refractivity contribution in [1.29, 1.82) is 0 Å². The molecule has 1 saturated carbocycles. The molecule has 2 rings (SSSR count). The lowest BCUT2D eigenvalue weighted by atomic mass is 10.0. The van der Waals surface area contributed by atoms with E-state index < -0.39 is 12.2 Å². The average Bonchev–Trinajstić information content (AvgIpc) is 3.00. The van der Waals surface area contributed by atoms with Gasteiger partial charge in [0.05, 0.1) is 24.2 Å². The highest BCUT2D eigenvalue weighted by molar-refractivity contribution is 8.01. The summed E-state index contributed by atoms with van der Waals surface area (Å²) in [7, 11) is 1.37. The van der Waals surface area contributed by atoms with Crippen molar-refractivity contribution in [2.75, 3.05) is 31.0 Å². The number of aliphatic hydroxyl groups is 2. The third-order valence-corrected chi connectivity index (χ3v) is 6.90. The van der Waals surface area contributed by atoms with Gasteiger partial charge in [0, 0.05) is 12.3 Å². The molecule has 1 aromatic carbocycles. The summed E-state index contributed by atoms with van der Waals surface area (Å²) in [5, 5.41) is 20.0.